The summed E-state index contributed by atoms with van der Waals surface area (Å²) in [6.45, 7) is 2.22. The molecule has 0 fully saturated rings. The zero-order valence-corrected chi connectivity index (χ0v) is 6.60. The molecule has 0 aromatic rings. The molecule has 1 unspecified atom stereocenters. The Morgan fingerprint density at radius 3 is 2.36 bits per heavy atom. The fourth-order valence-electron chi connectivity index (χ4n) is 0.593. The zero-order chi connectivity index (χ0) is 9.07. The summed E-state index contributed by atoms with van der Waals surface area (Å²) in [5.41, 5.74) is 0. The number of carboxylic acids is 1. The van der Waals surface area contributed by atoms with Gasteiger partial charge in [-0.25, -0.2) is 8.78 Å². The summed E-state index contributed by atoms with van der Waals surface area (Å²) in [7, 11) is 0. The highest BCUT2D eigenvalue weighted by Gasteiger charge is 2.23. The molecule has 0 bridgehead atoms. The smallest absolute Gasteiger partial charge is 0.306 e. The van der Waals surface area contributed by atoms with Gasteiger partial charge in [0.1, 0.15) is 0 Å². The molecule has 0 aliphatic heterocycles. The van der Waals surface area contributed by atoms with E-state index >= 15 is 0 Å². The van der Waals surface area contributed by atoms with Crippen LogP contribution >= 0.6 is 0 Å². The van der Waals surface area contributed by atoms with Gasteiger partial charge in [-0.2, -0.15) is 0 Å². The Labute approximate surface area is 64.2 Å². The topological polar surface area (TPSA) is 37.3 Å². The van der Waals surface area contributed by atoms with Crippen LogP contribution in [0, 0.1) is 5.92 Å². The van der Waals surface area contributed by atoms with Gasteiger partial charge in [0, 0.05) is 6.42 Å². The van der Waals surface area contributed by atoms with Gasteiger partial charge in [0.05, 0.1) is 5.92 Å². The molecule has 1 atom stereocenters. The lowest BCUT2D eigenvalue weighted by Gasteiger charge is -2.11. The third-order valence-electron chi connectivity index (χ3n) is 1.44. The molecule has 0 saturated heterocycles. The van der Waals surface area contributed by atoms with E-state index < -0.39 is 17.8 Å². The van der Waals surface area contributed by atoms with Crippen molar-refractivity contribution in [3.05, 3.63) is 0 Å². The van der Waals surface area contributed by atoms with Gasteiger partial charge in [-0.15, -0.1) is 0 Å². The number of aliphatic carboxylic acids is 1. The highest BCUT2D eigenvalue weighted by atomic mass is 19.3. The maximum Gasteiger partial charge on any atom is 0.306 e. The summed E-state index contributed by atoms with van der Waals surface area (Å²) >= 11 is 0. The van der Waals surface area contributed by atoms with E-state index in [9.17, 15) is 13.6 Å². The number of rotatable bonds is 4. The third-order valence-corrected chi connectivity index (χ3v) is 1.44. The van der Waals surface area contributed by atoms with Gasteiger partial charge in [-0.3, -0.25) is 4.79 Å². The first kappa shape index (κ1) is 10.3. The van der Waals surface area contributed by atoms with Gasteiger partial charge >= 0.3 is 5.97 Å². The fraction of sp³-hybridized carbons (Fsp3) is 0.857. The molecule has 0 radical (unpaired) electrons. The summed E-state index contributed by atoms with van der Waals surface area (Å²) in [6.07, 6.45) is -0.334. The molecule has 0 aromatic carbocycles. The Kier molecular flexibility index (Phi) is 3.42. The van der Waals surface area contributed by atoms with Crippen molar-refractivity contribution in [2.24, 2.45) is 5.92 Å². The van der Waals surface area contributed by atoms with Gasteiger partial charge < -0.3 is 5.11 Å². The Morgan fingerprint density at radius 2 is 2.09 bits per heavy atom. The van der Waals surface area contributed by atoms with Crippen LogP contribution in [0.2, 0.25) is 0 Å². The first-order valence-corrected chi connectivity index (χ1v) is 3.43. The third kappa shape index (κ3) is 5.76. The number of hydrogen-bond acceptors (Lipinski definition) is 1. The summed E-state index contributed by atoms with van der Waals surface area (Å²) in [6, 6.07) is 0. The van der Waals surface area contributed by atoms with E-state index in [2.05, 4.69) is 0 Å². The molecule has 0 aliphatic carbocycles. The molecule has 11 heavy (non-hydrogen) atoms. The van der Waals surface area contributed by atoms with Crippen molar-refractivity contribution in [3.63, 3.8) is 0 Å². The lowest BCUT2D eigenvalue weighted by atomic mass is 10.0. The summed E-state index contributed by atoms with van der Waals surface area (Å²) < 4.78 is 24.3. The quantitative estimate of drug-likeness (QED) is 0.694. The average molecular weight is 166 g/mol. The van der Waals surface area contributed by atoms with Crippen molar-refractivity contribution in [1.82, 2.24) is 0 Å². The molecule has 0 aliphatic rings. The van der Waals surface area contributed by atoms with E-state index in [4.69, 9.17) is 5.11 Å². The molecule has 0 heterocycles. The van der Waals surface area contributed by atoms with Crippen molar-refractivity contribution < 1.29 is 18.7 Å². The minimum Gasteiger partial charge on any atom is -0.481 e. The van der Waals surface area contributed by atoms with Crippen molar-refractivity contribution in [1.29, 1.82) is 0 Å². The second-order valence-electron chi connectivity index (χ2n) is 2.85. The van der Waals surface area contributed by atoms with Crippen molar-refractivity contribution in [2.75, 3.05) is 0 Å². The van der Waals surface area contributed by atoms with Gasteiger partial charge in [0.15, 0.2) is 0 Å². The van der Waals surface area contributed by atoms with E-state index in [1.54, 1.807) is 0 Å². The largest absolute Gasteiger partial charge is 0.481 e. The highest BCUT2D eigenvalue weighted by Crippen LogP contribution is 2.21. The van der Waals surface area contributed by atoms with E-state index in [0.717, 1.165) is 6.92 Å². The zero-order valence-electron chi connectivity index (χ0n) is 6.60. The standard InChI is InChI=1S/C7H12F2O2/c1-5(6(10)11)3-4-7(2,8)9/h5H,3-4H2,1-2H3,(H,10,11). The molecule has 66 valence electrons. The predicted octanol–water partition coefficient (Wildman–Crippen LogP) is 2.14. The molecule has 0 rings (SSSR count). The first-order chi connectivity index (χ1) is 4.83. The molecule has 4 heteroatoms. The lowest BCUT2D eigenvalue weighted by Crippen LogP contribution is -2.15. The Balaban J connectivity index is 3.63. The van der Waals surface area contributed by atoms with E-state index in [1.807, 2.05) is 0 Å². The van der Waals surface area contributed by atoms with Gasteiger partial charge in [0.25, 0.3) is 0 Å². The van der Waals surface area contributed by atoms with Crippen LogP contribution in [0.3, 0.4) is 0 Å². The Morgan fingerprint density at radius 1 is 1.64 bits per heavy atom. The van der Waals surface area contributed by atoms with Crippen LogP contribution in [0.25, 0.3) is 0 Å². The fourth-order valence-corrected chi connectivity index (χ4v) is 0.593. The van der Waals surface area contributed by atoms with Crippen molar-refractivity contribution in [3.8, 4) is 0 Å². The van der Waals surface area contributed by atoms with Crippen molar-refractivity contribution >= 4 is 5.97 Å². The van der Waals surface area contributed by atoms with E-state index in [-0.39, 0.29) is 12.8 Å². The van der Waals surface area contributed by atoms with Crippen LogP contribution in [0.15, 0.2) is 0 Å². The second kappa shape index (κ2) is 3.64. The summed E-state index contributed by atoms with van der Waals surface area (Å²) in [4.78, 5) is 10.2. The maximum absolute atomic E-state index is 12.2. The number of carbonyl (C=O) groups is 1. The van der Waals surface area contributed by atoms with Crippen LogP contribution in [-0.2, 0) is 4.79 Å². The second-order valence-corrected chi connectivity index (χ2v) is 2.85. The molecular weight excluding hydrogens is 154 g/mol. The highest BCUT2D eigenvalue weighted by molar-refractivity contribution is 5.69. The van der Waals surface area contributed by atoms with E-state index in [0.29, 0.717) is 0 Å². The molecule has 0 saturated carbocycles. The van der Waals surface area contributed by atoms with Gasteiger partial charge in [0.2, 0.25) is 5.92 Å². The predicted molar refractivity (Wildman–Crippen MR) is 36.7 cm³/mol. The maximum atomic E-state index is 12.2. The average Bonchev–Trinajstić information content (AvgIpc) is 1.80. The monoisotopic (exact) mass is 166 g/mol. The summed E-state index contributed by atoms with van der Waals surface area (Å²) in [5.74, 6) is -4.45. The molecule has 0 spiro atoms. The van der Waals surface area contributed by atoms with Gasteiger partial charge in [-0.1, -0.05) is 6.92 Å². The van der Waals surface area contributed by atoms with Gasteiger partial charge in [-0.05, 0) is 13.3 Å². The number of carboxylic acid groups (broad SMARTS) is 1. The Bertz CT molecular complexity index is 140. The molecule has 0 amide bonds. The molecule has 1 N–H and O–H groups in total. The summed E-state index contributed by atoms with van der Waals surface area (Å²) in [5, 5.41) is 8.33. The van der Waals surface area contributed by atoms with Crippen LogP contribution in [-0.4, -0.2) is 17.0 Å². The van der Waals surface area contributed by atoms with Crippen LogP contribution < -0.4 is 0 Å². The minimum absolute atomic E-state index is 0.0266. The van der Waals surface area contributed by atoms with E-state index in [1.165, 1.54) is 6.92 Å². The van der Waals surface area contributed by atoms with Crippen LogP contribution in [0.5, 0.6) is 0 Å². The normalized spacial score (nSPS) is 14.5. The molecular formula is C7H12F2O2. The lowest BCUT2D eigenvalue weighted by molar-refractivity contribution is -0.141. The Hall–Kier alpha value is -0.670. The first-order valence-electron chi connectivity index (χ1n) is 3.43. The molecule has 0 aromatic heterocycles. The number of alkyl halides is 2. The number of halogens is 2. The minimum atomic E-state index is -2.75. The van der Waals surface area contributed by atoms with Crippen LogP contribution in [0.1, 0.15) is 26.7 Å². The van der Waals surface area contributed by atoms with Crippen molar-refractivity contribution in [2.45, 2.75) is 32.6 Å². The number of hydrogen-bond donors (Lipinski definition) is 1. The molecule has 2 nitrogen and oxygen atoms in total. The SMILES string of the molecule is CC(CCC(C)(F)F)C(=O)O. The van der Waals surface area contributed by atoms with Crippen LogP contribution in [0.4, 0.5) is 8.78 Å².